The SMILES string of the molecule is CCOc1cc(C(=O)NNC(=O)[C@@H](C)Oc2ccc(F)cc2)ccc1OCC(C)C. The minimum absolute atomic E-state index is 0.294. The highest BCUT2D eigenvalue weighted by Crippen LogP contribution is 2.29. The van der Waals surface area contributed by atoms with Crippen molar-refractivity contribution in [3.05, 3.63) is 53.8 Å². The molecule has 8 heteroatoms. The number of hydrazine groups is 1. The predicted molar refractivity (Wildman–Crippen MR) is 110 cm³/mol. The fourth-order valence-corrected chi connectivity index (χ4v) is 2.36. The number of hydrogen-bond acceptors (Lipinski definition) is 5. The highest BCUT2D eigenvalue weighted by atomic mass is 19.1. The second-order valence-corrected chi connectivity index (χ2v) is 6.96. The number of halogens is 1. The molecule has 0 aliphatic rings. The summed E-state index contributed by atoms with van der Waals surface area (Å²) in [5.41, 5.74) is 4.94. The normalized spacial score (nSPS) is 11.5. The first kappa shape index (κ1) is 23.0. The van der Waals surface area contributed by atoms with Crippen molar-refractivity contribution in [3.8, 4) is 17.2 Å². The zero-order chi connectivity index (χ0) is 22.1. The first-order valence-corrected chi connectivity index (χ1v) is 9.72. The largest absolute Gasteiger partial charge is 0.490 e. The zero-order valence-corrected chi connectivity index (χ0v) is 17.5. The summed E-state index contributed by atoms with van der Waals surface area (Å²) in [6, 6.07) is 10.1. The number of rotatable bonds is 9. The molecule has 2 rings (SSSR count). The topological polar surface area (TPSA) is 85.9 Å². The second-order valence-electron chi connectivity index (χ2n) is 6.96. The Balaban J connectivity index is 1.94. The summed E-state index contributed by atoms with van der Waals surface area (Å²) < 4.78 is 29.6. The van der Waals surface area contributed by atoms with Crippen LogP contribution in [0.15, 0.2) is 42.5 Å². The molecule has 162 valence electrons. The Morgan fingerprint density at radius 2 is 1.67 bits per heavy atom. The summed E-state index contributed by atoms with van der Waals surface area (Å²) in [6.07, 6.45) is -0.901. The Morgan fingerprint density at radius 3 is 2.30 bits per heavy atom. The number of benzene rings is 2. The molecule has 0 aromatic heterocycles. The van der Waals surface area contributed by atoms with Crippen molar-refractivity contribution in [2.45, 2.75) is 33.8 Å². The lowest BCUT2D eigenvalue weighted by molar-refractivity contribution is -0.128. The lowest BCUT2D eigenvalue weighted by atomic mass is 10.2. The Morgan fingerprint density at radius 1 is 0.967 bits per heavy atom. The van der Waals surface area contributed by atoms with E-state index in [0.717, 1.165) is 0 Å². The van der Waals surface area contributed by atoms with E-state index >= 15 is 0 Å². The monoisotopic (exact) mass is 418 g/mol. The highest BCUT2D eigenvalue weighted by molar-refractivity contribution is 5.96. The molecule has 0 heterocycles. The molecule has 2 amide bonds. The minimum Gasteiger partial charge on any atom is -0.490 e. The van der Waals surface area contributed by atoms with E-state index < -0.39 is 23.7 Å². The van der Waals surface area contributed by atoms with Gasteiger partial charge in [0.05, 0.1) is 13.2 Å². The minimum atomic E-state index is -0.901. The van der Waals surface area contributed by atoms with E-state index in [1.807, 2.05) is 20.8 Å². The van der Waals surface area contributed by atoms with Crippen LogP contribution in [0.1, 0.15) is 38.1 Å². The number of amides is 2. The third-order valence-corrected chi connectivity index (χ3v) is 3.87. The van der Waals surface area contributed by atoms with Crippen molar-refractivity contribution in [2.24, 2.45) is 5.92 Å². The van der Waals surface area contributed by atoms with Gasteiger partial charge in [0.15, 0.2) is 17.6 Å². The molecular weight excluding hydrogens is 391 g/mol. The number of nitrogens with one attached hydrogen (secondary N) is 2. The van der Waals surface area contributed by atoms with E-state index in [-0.39, 0.29) is 0 Å². The molecule has 0 fully saturated rings. The van der Waals surface area contributed by atoms with Crippen LogP contribution in [0.3, 0.4) is 0 Å². The summed E-state index contributed by atoms with van der Waals surface area (Å²) in [6.45, 7) is 8.35. The second kappa shape index (κ2) is 11.0. The standard InChI is InChI=1S/C22H27FN2O5/c1-5-28-20-12-16(6-11-19(20)29-13-14(2)3)22(27)25-24-21(26)15(4)30-18-9-7-17(23)8-10-18/h6-12,14-15H,5,13H2,1-4H3,(H,24,26)(H,25,27)/t15-/m1/s1. The Bertz CT molecular complexity index is 855. The summed E-state index contributed by atoms with van der Waals surface area (Å²) in [4.78, 5) is 24.5. The fraction of sp³-hybridized carbons (Fsp3) is 0.364. The maximum atomic E-state index is 12.9. The molecule has 0 spiro atoms. The number of carbonyl (C=O) groups excluding carboxylic acids is 2. The molecule has 0 unspecified atom stereocenters. The smallest absolute Gasteiger partial charge is 0.279 e. The van der Waals surface area contributed by atoms with Gasteiger partial charge in [0.25, 0.3) is 11.8 Å². The first-order valence-electron chi connectivity index (χ1n) is 9.72. The summed E-state index contributed by atoms with van der Waals surface area (Å²) in [5, 5.41) is 0. The maximum Gasteiger partial charge on any atom is 0.279 e. The number of carbonyl (C=O) groups is 2. The lowest BCUT2D eigenvalue weighted by Crippen LogP contribution is -2.47. The lowest BCUT2D eigenvalue weighted by Gasteiger charge is -2.16. The molecule has 0 bridgehead atoms. The number of hydrogen-bond donors (Lipinski definition) is 2. The van der Waals surface area contributed by atoms with Gasteiger partial charge in [-0.3, -0.25) is 20.4 Å². The van der Waals surface area contributed by atoms with E-state index in [1.54, 1.807) is 18.2 Å². The molecule has 0 radical (unpaired) electrons. The van der Waals surface area contributed by atoms with Crippen molar-refractivity contribution in [1.29, 1.82) is 0 Å². The Labute approximate surface area is 175 Å². The van der Waals surface area contributed by atoms with Crippen LogP contribution >= 0.6 is 0 Å². The van der Waals surface area contributed by atoms with Crippen LogP contribution in [-0.2, 0) is 4.79 Å². The van der Waals surface area contributed by atoms with Crippen LogP contribution in [0.25, 0.3) is 0 Å². The van der Waals surface area contributed by atoms with Gasteiger partial charge in [-0.05, 0) is 62.2 Å². The van der Waals surface area contributed by atoms with Gasteiger partial charge in [-0.1, -0.05) is 13.8 Å². The quantitative estimate of drug-likeness (QED) is 0.609. The molecule has 7 nitrogen and oxygen atoms in total. The summed E-state index contributed by atoms with van der Waals surface area (Å²) >= 11 is 0. The maximum absolute atomic E-state index is 12.9. The van der Waals surface area contributed by atoms with Gasteiger partial charge < -0.3 is 14.2 Å². The first-order chi connectivity index (χ1) is 14.3. The molecule has 2 aromatic rings. The van der Waals surface area contributed by atoms with Gasteiger partial charge >= 0.3 is 0 Å². The highest BCUT2D eigenvalue weighted by Gasteiger charge is 2.17. The van der Waals surface area contributed by atoms with Gasteiger partial charge in [-0.15, -0.1) is 0 Å². The van der Waals surface area contributed by atoms with Crippen LogP contribution in [0.5, 0.6) is 17.2 Å². The van der Waals surface area contributed by atoms with Crippen LogP contribution in [-0.4, -0.2) is 31.1 Å². The molecule has 0 saturated carbocycles. The average molecular weight is 418 g/mol. The van der Waals surface area contributed by atoms with E-state index in [0.29, 0.717) is 41.9 Å². The molecule has 2 aromatic carbocycles. The zero-order valence-electron chi connectivity index (χ0n) is 17.5. The van der Waals surface area contributed by atoms with Gasteiger partial charge in [0, 0.05) is 5.56 Å². The van der Waals surface area contributed by atoms with Crippen molar-refractivity contribution < 1.29 is 28.2 Å². The molecular formula is C22H27FN2O5. The van der Waals surface area contributed by atoms with Gasteiger partial charge in [-0.2, -0.15) is 0 Å². The van der Waals surface area contributed by atoms with E-state index in [4.69, 9.17) is 14.2 Å². The molecule has 0 aliphatic carbocycles. The third-order valence-electron chi connectivity index (χ3n) is 3.87. The van der Waals surface area contributed by atoms with Crippen LogP contribution in [0.4, 0.5) is 4.39 Å². The van der Waals surface area contributed by atoms with E-state index in [1.165, 1.54) is 31.2 Å². The Hall–Kier alpha value is -3.29. The van der Waals surface area contributed by atoms with Crippen LogP contribution < -0.4 is 25.1 Å². The Kier molecular flexibility index (Phi) is 8.46. The molecule has 0 aliphatic heterocycles. The van der Waals surface area contributed by atoms with Gasteiger partial charge in [0.2, 0.25) is 0 Å². The molecule has 2 N–H and O–H groups in total. The van der Waals surface area contributed by atoms with Crippen molar-refractivity contribution in [1.82, 2.24) is 10.9 Å². The van der Waals surface area contributed by atoms with Crippen molar-refractivity contribution in [3.63, 3.8) is 0 Å². The van der Waals surface area contributed by atoms with Crippen molar-refractivity contribution in [2.75, 3.05) is 13.2 Å². The van der Waals surface area contributed by atoms with E-state index in [9.17, 15) is 14.0 Å². The predicted octanol–water partition coefficient (Wildman–Crippen LogP) is 3.49. The van der Waals surface area contributed by atoms with Crippen LogP contribution in [0, 0.1) is 11.7 Å². The fourth-order valence-electron chi connectivity index (χ4n) is 2.36. The average Bonchev–Trinajstić information content (AvgIpc) is 2.72. The molecule has 1 atom stereocenters. The van der Waals surface area contributed by atoms with Crippen molar-refractivity contribution >= 4 is 11.8 Å². The summed E-state index contributed by atoms with van der Waals surface area (Å²) in [5.74, 6) is 0.195. The molecule has 0 saturated heterocycles. The third kappa shape index (κ3) is 6.95. The van der Waals surface area contributed by atoms with Crippen LogP contribution in [0.2, 0.25) is 0 Å². The molecule has 30 heavy (non-hydrogen) atoms. The summed E-state index contributed by atoms with van der Waals surface area (Å²) in [7, 11) is 0. The van der Waals surface area contributed by atoms with E-state index in [2.05, 4.69) is 10.9 Å². The van der Waals surface area contributed by atoms with Gasteiger partial charge in [-0.25, -0.2) is 4.39 Å². The van der Waals surface area contributed by atoms with Gasteiger partial charge in [0.1, 0.15) is 11.6 Å². The number of ether oxygens (including phenoxy) is 3.